The first-order valence-electron chi connectivity index (χ1n) is 12.5. The standard InChI is InChI=1S/C29H26F2N8/c1-16-6-8-32-15-21(16)20-4-5-22-24(25(20)31)28(38-37-22)29-35-23-7-9-34-26(27(23)36-29)17-12-18(30)14-19(13-17)33-10-11-39(2)3/h4-9,12-15,33H,10-11H2,1-3H3,(H,35,36)(H,37,38). The molecule has 0 atom stereocenters. The van der Waals surface area contributed by atoms with Crippen molar-refractivity contribution in [1.29, 1.82) is 0 Å². The molecule has 0 saturated heterocycles. The van der Waals surface area contributed by atoms with Crippen LogP contribution < -0.4 is 5.32 Å². The van der Waals surface area contributed by atoms with Crippen LogP contribution in [0.15, 0.2) is 61.1 Å². The maximum absolute atomic E-state index is 16.0. The molecule has 10 heteroatoms. The first-order chi connectivity index (χ1) is 18.9. The van der Waals surface area contributed by atoms with Gasteiger partial charge in [-0.05, 0) is 69.0 Å². The zero-order valence-corrected chi connectivity index (χ0v) is 21.7. The van der Waals surface area contributed by atoms with Crippen molar-refractivity contribution >= 4 is 27.6 Å². The van der Waals surface area contributed by atoms with Gasteiger partial charge in [0.15, 0.2) is 5.82 Å². The van der Waals surface area contributed by atoms with E-state index in [2.05, 4.69) is 30.5 Å². The summed E-state index contributed by atoms with van der Waals surface area (Å²) in [4.78, 5) is 18.7. The van der Waals surface area contributed by atoms with Crippen molar-refractivity contribution < 1.29 is 8.78 Å². The maximum atomic E-state index is 16.0. The van der Waals surface area contributed by atoms with Gasteiger partial charge in [0.25, 0.3) is 0 Å². The Balaban J connectivity index is 1.44. The van der Waals surface area contributed by atoms with Crippen molar-refractivity contribution in [3.05, 3.63) is 78.3 Å². The molecule has 6 aromatic rings. The van der Waals surface area contributed by atoms with Gasteiger partial charge in [-0.1, -0.05) is 0 Å². The number of fused-ring (bicyclic) bond motifs is 2. The number of hydrogen-bond donors (Lipinski definition) is 3. The van der Waals surface area contributed by atoms with Gasteiger partial charge in [0, 0.05) is 54.1 Å². The number of aromatic nitrogens is 6. The van der Waals surface area contributed by atoms with E-state index in [-0.39, 0.29) is 5.82 Å². The highest BCUT2D eigenvalue weighted by Crippen LogP contribution is 2.36. The molecule has 2 aromatic carbocycles. The van der Waals surface area contributed by atoms with E-state index in [9.17, 15) is 4.39 Å². The highest BCUT2D eigenvalue weighted by atomic mass is 19.1. The maximum Gasteiger partial charge on any atom is 0.159 e. The fourth-order valence-corrected chi connectivity index (χ4v) is 4.71. The Hall–Kier alpha value is -4.70. The molecule has 0 amide bonds. The van der Waals surface area contributed by atoms with Gasteiger partial charge in [-0.25, -0.2) is 13.8 Å². The number of aryl methyl sites for hydroxylation is 1. The van der Waals surface area contributed by atoms with Crippen molar-refractivity contribution in [3.63, 3.8) is 0 Å². The highest BCUT2D eigenvalue weighted by molar-refractivity contribution is 5.98. The summed E-state index contributed by atoms with van der Waals surface area (Å²) in [5, 5.41) is 10.9. The normalized spacial score (nSPS) is 11.6. The van der Waals surface area contributed by atoms with Crippen LogP contribution in [0.5, 0.6) is 0 Å². The van der Waals surface area contributed by atoms with Gasteiger partial charge in [-0.15, -0.1) is 0 Å². The quantitative estimate of drug-likeness (QED) is 0.245. The Morgan fingerprint density at radius 2 is 1.82 bits per heavy atom. The number of hydrogen-bond acceptors (Lipinski definition) is 6. The Morgan fingerprint density at radius 3 is 2.64 bits per heavy atom. The first kappa shape index (κ1) is 24.6. The second-order valence-electron chi connectivity index (χ2n) is 9.71. The van der Waals surface area contributed by atoms with E-state index >= 15 is 4.39 Å². The molecule has 8 nitrogen and oxygen atoms in total. The zero-order valence-electron chi connectivity index (χ0n) is 21.7. The highest BCUT2D eigenvalue weighted by Gasteiger charge is 2.21. The SMILES string of the molecule is Cc1ccncc1-c1ccc2[nH]nc(-c3nc4c(-c5cc(F)cc(NCCN(C)C)c5)nccc4[nH]3)c2c1F. The Morgan fingerprint density at radius 1 is 0.949 bits per heavy atom. The van der Waals surface area contributed by atoms with E-state index in [0.29, 0.717) is 68.1 Å². The van der Waals surface area contributed by atoms with E-state index in [1.807, 2.05) is 38.1 Å². The van der Waals surface area contributed by atoms with Gasteiger partial charge >= 0.3 is 0 Å². The number of benzene rings is 2. The lowest BCUT2D eigenvalue weighted by Crippen LogP contribution is -2.20. The van der Waals surface area contributed by atoms with Crippen molar-refractivity contribution in [2.24, 2.45) is 0 Å². The molecule has 0 unspecified atom stereocenters. The summed E-state index contributed by atoms with van der Waals surface area (Å²) >= 11 is 0. The van der Waals surface area contributed by atoms with E-state index < -0.39 is 5.82 Å². The predicted molar refractivity (Wildman–Crippen MR) is 149 cm³/mol. The molecule has 0 saturated carbocycles. The molecule has 39 heavy (non-hydrogen) atoms. The van der Waals surface area contributed by atoms with Crippen LogP contribution in [-0.2, 0) is 0 Å². The minimum Gasteiger partial charge on any atom is -0.384 e. The summed E-state index contributed by atoms with van der Waals surface area (Å²) < 4.78 is 30.5. The molecular formula is C29H26F2N8. The van der Waals surface area contributed by atoms with E-state index in [1.54, 1.807) is 36.8 Å². The minimum atomic E-state index is -0.412. The number of halogens is 2. The molecule has 0 aliphatic rings. The topological polar surface area (TPSA) is 98.4 Å². The predicted octanol–water partition coefficient (Wildman–Crippen LogP) is 5.79. The summed E-state index contributed by atoms with van der Waals surface area (Å²) in [6, 6.07) is 11.9. The number of imidazole rings is 1. The zero-order chi connectivity index (χ0) is 27.1. The van der Waals surface area contributed by atoms with Crippen LogP contribution in [0.25, 0.3) is 55.8 Å². The molecule has 0 bridgehead atoms. The molecule has 0 fully saturated rings. The molecule has 6 rings (SSSR count). The lowest BCUT2D eigenvalue weighted by molar-refractivity contribution is 0.425. The number of rotatable bonds is 7. The first-order valence-corrected chi connectivity index (χ1v) is 12.5. The van der Waals surface area contributed by atoms with Crippen LogP contribution in [0.2, 0.25) is 0 Å². The number of aromatic amines is 2. The van der Waals surface area contributed by atoms with Crippen LogP contribution in [0.4, 0.5) is 14.5 Å². The average molecular weight is 525 g/mol. The number of nitrogens with one attached hydrogen (secondary N) is 3. The summed E-state index contributed by atoms with van der Waals surface area (Å²) in [5.74, 6) is -0.414. The molecule has 0 spiro atoms. The van der Waals surface area contributed by atoms with Crippen LogP contribution in [0.3, 0.4) is 0 Å². The van der Waals surface area contributed by atoms with Crippen molar-refractivity contribution in [2.75, 3.05) is 32.5 Å². The Bertz CT molecular complexity index is 1820. The molecular weight excluding hydrogens is 498 g/mol. The molecule has 0 aliphatic heterocycles. The summed E-state index contributed by atoms with van der Waals surface area (Å²) in [5.41, 5.74) is 5.91. The van der Waals surface area contributed by atoms with Crippen LogP contribution in [0, 0.1) is 18.6 Å². The van der Waals surface area contributed by atoms with E-state index in [4.69, 9.17) is 4.98 Å². The number of likely N-dealkylation sites (N-methyl/N-ethyl adjacent to an activating group) is 1. The van der Waals surface area contributed by atoms with Crippen molar-refractivity contribution in [1.82, 2.24) is 35.0 Å². The second kappa shape index (κ2) is 9.88. The molecule has 0 radical (unpaired) electrons. The molecule has 3 N–H and O–H groups in total. The molecule has 196 valence electrons. The number of pyridine rings is 2. The third kappa shape index (κ3) is 4.59. The fraction of sp³-hybridized carbons (Fsp3) is 0.172. The number of H-pyrrole nitrogens is 2. The average Bonchev–Trinajstić information content (AvgIpc) is 3.53. The van der Waals surface area contributed by atoms with Gasteiger partial charge in [0.05, 0.1) is 22.1 Å². The molecule has 4 aromatic heterocycles. The fourth-order valence-electron chi connectivity index (χ4n) is 4.71. The van der Waals surface area contributed by atoms with Gasteiger partial charge in [0.1, 0.15) is 22.8 Å². The van der Waals surface area contributed by atoms with Crippen molar-refractivity contribution in [3.8, 4) is 33.9 Å². The smallest absolute Gasteiger partial charge is 0.159 e. The van der Waals surface area contributed by atoms with Crippen LogP contribution in [0.1, 0.15) is 5.56 Å². The summed E-state index contributed by atoms with van der Waals surface area (Å²) in [6.45, 7) is 3.39. The third-order valence-corrected chi connectivity index (χ3v) is 6.68. The Kier molecular flexibility index (Phi) is 6.24. The number of anilines is 1. The van der Waals surface area contributed by atoms with Gasteiger partial charge in [0.2, 0.25) is 0 Å². The van der Waals surface area contributed by atoms with Crippen LogP contribution >= 0.6 is 0 Å². The number of nitrogens with zero attached hydrogens (tertiary/aromatic N) is 5. The van der Waals surface area contributed by atoms with Crippen LogP contribution in [-0.4, -0.2) is 62.2 Å². The van der Waals surface area contributed by atoms with Gasteiger partial charge in [-0.3, -0.25) is 15.1 Å². The van der Waals surface area contributed by atoms with Gasteiger partial charge < -0.3 is 15.2 Å². The second-order valence-corrected chi connectivity index (χ2v) is 9.71. The van der Waals surface area contributed by atoms with Crippen molar-refractivity contribution in [2.45, 2.75) is 6.92 Å². The summed E-state index contributed by atoms with van der Waals surface area (Å²) in [6.07, 6.45) is 4.97. The molecule has 4 heterocycles. The third-order valence-electron chi connectivity index (χ3n) is 6.68. The summed E-state index contributed by atoms with van der Waals surface area (Å²) in [7, 11) is 3.96. The lowest BCUT2D eigenvalue weighted by atomic mass is 10.00. The molecule has 0 aliphatic carbocycles. The van der Waals surface area contributed by atoms with E-state index in [1.165, 1.54) is 12.1 Å². The minimum absolute atomic E-state index is 0.322. The largest absolute Gasteiger partial charge is 0.384 e. The lowest BCUT2D eigenvalue weighted by Gasteiger charge is -2.12. The van der Waals surface area contributed by atoms with E-state index in [0.717, 1.165) is 12.1 Å². The van der Waals surface area contributed by atoms with Gasteiger partial charge in [-0.2, -0.15) is 5.10 Å². The Labute approximate surface area is 223 Å². The monoisotopic (exact) mass is 524 g/mol.